The van der Waals surface area contributed by atoms with E-state index in [-0.39, 0.29) is 24.9 Å². The number of nitrogens with zero attached hydrogens (tertiary/aromatic N) is 2. The zero-order chi connectivity index (χ0) is 19.8. The van der Waals surface area contributed by atoms with Crippen LogP contribution in [-0.4, -0.2) is 33.3 Å². The number of nitrogens with one attached hydrogen (secondary N) is 1. The molecule has 0 radical (unpaired) electrons. The first kappa shape index (κ1) is 19.5. The summed E-state index contributed by atoms with van der Waals surface area (Å²) in [5, 5.41) is 12.7. The zero-order valence-electron chi connectivity index (χ0n) is 15.2. The van der Waals surface area contributed by atoms with Gasteiger partial charge in [0.15, 0.2) is 0 Å². The summed E-state index contributed by atoms with van der Waals surface area (Å²) in [4.78, 5) is 28.1. The first-order valence-electron chi connectivity index (χ1n) is 8.85. The molecule has 0 unspecified atom stereocenters. The molecule has 1 aromatic heterocycles. The molecule has 0 saturated carbocycles. The average Bonchev–Trinajstić information content (AvgIpc) is 2.71. The van der Waals surface area contributed by atoms with E-state index in [2.05, 4.69) is 10.3 Å². The molecule has 0 aliphatic heterocycles. The fraction of sp³-hybridized carbons (Fsp3) is 0.190. The molecule has 3 aromatic rings. The average molecular weight is 379 g/mol. The van der Waals surface area contributed by atoms with Crippen LogP contribution in [-0.2, 0) is 17.9 Å². The van der Waals surface area contributed by atoms with Gasteiger partial charge in [-0.25, -0.2) is 4.79 Å². The second-order valence-electron chi connectivity index (χ2n) is 6.22. The predicted molar refractivity (Wildman–Crippen MR) is 105 cm³/mol. The molecule has 0 saturated heterocycles. The van der Waals surface area contributed by atoms with Crippen molar-refractivity contribution < 1.29 is 14.6 Å². The van der Waals surface area contributed by atoms with Gasteiger partial charge in [0.2, 0.25) is 0 Å². The summed E-state index contributed by atoms with van der Waals surface area (Å²) in [5.74, 6) is -0.190. The number of hydrogen-bond acceptors (Lipinski definition) is 5. The van der Waals surface area contributed by atoms with Crippen molar-refractivity contribution in [2.45, 2.75) is 19.3 Å². The maximum absolute atomic E-state index is 12.1. The van der Waals surface area contributed by atoms with E-state index in [0.717, 1.165) is 5.56 Å². The minimum absolute atomic E-state index is 0.0491. The maximum Gasteiger partial charge on any atom is 0.349 e. The van der Waals surface area contributed by atoms with Gasteiger partial charge in [0.25, 0.3) is 5.91 Å². The van der Waals surface area contributed by atoms with Crippen LogP contribution in [0, 0.1) is 0 Å². The first-order chi connectivity index (χ1) is 13.6. The van der Waals surface area contributed by atoms with Gasteiger partial charge in [-0.15, -0.1) is 0 Å². The summed E-state index contributed by atoms with van der Waals surface area (Å²) in [6, 6.07) is 19.8. The second kappa shape index (κ2) is 9.59. The van der Waals surface area contributed by atoms with E-state index < -0.39 is 11.8 Å². The lowest BCUT2D eigenvalue weighted by molar-refractivity contribution is 0.0197. The van der Waals surface area contributed by atoms with E-state index >= 15 is 0 Å². The van der Waals surface area contributed by atoms with Crippen LogP contribution in [0.1, 0.15) is 15.9 Å². The number of ether oxygens (including phenoxy) is 1. The van der Waals surface area contributed by atoms with Gasteiger partial charge in [-0.3, -0.25) is 9.36 Å². The Hall–Kier alpha value is -3.29. The van der Waals surface area contributed by atoms with Crippen molar-refractivity contribution in [1.29, 1.82) is 0 Å². The zero-order valence-corrected chi connectivity index (χ0v) is 15.2. The molecular weight excluding hydrogens is 358 g/mol. The van der Waals surface area contributed by atoms with E-state index in [1.807, 2.05) is 36.4 Å². The van der Waals surface area contributed by atoms with Gasteiger partial charge >= 0.3 is 5.69 Å². The third-order valence-corrected chi connectivity index (χ3v) is 3.98. The highest BCUT2D eigenvalue weighted by Gasteiger charge is 2.10. The highest BCUT2D eigenvalue weighted by atomic mass is 16.5. The molecule has 0 spiro atoms. The standard InChI is InChI=1S/C21H21N3O4/c25-18(15-28-14-16-7-3-1-4-8-16)13-24-12-11-19(23-21(24)27)22-20(26)17-9-5-2-6-10-17/h1-12,18,25H,13-15H2,(H,22,23,26,27)/t18-/m0/s1. The third kappa shape index (κ3) is 5.60. The molecule has 3 rings (SSSR count). The van der Waals surface area contributed by atoms with E-state index in [1.54, 1.807) is 24.3 Å². The van der Waals surface area contributed by atoms with Crippen LogP contribution in [0.15, 0.2) is 77.7 Å². The van der Waals surface area contributed by atoms with Crippen LogP contribution in [0.25, 0.3) is 0 Å². The number of hydrogen-bond donors (Lipinski definition) is 2. The Labute approximate surface area is 162 Å². The smallest absolute Gasteiger partial charge is 0.349 e. The summed E-state index contributed by atoms with van der Waals surface area (Å²) in [6.07, 6.45) is 0.629. The number of aliphatic hydroxyl groups excluding tert-OH is 1. The second-order valence-corrected chi connectivity index (χ2v) is 6.22. The molecule has 0 aliphatic rings. The van der Waals surface area contributed by atoms with Gasteiger partial charge in [-0.2, -0.15) is 4.98 Å². The molecular formula is C21H21N3O4. The highest BCUT2D eigenvalue weighted by molar-refractivity contribution is 6.03. The molecule has 0 aliphatic carbocycles. The van der Waals surface area contributed by atoms with Crippen molar-refractivity contribution in [3.63, 3.8) is 0 Å². The van der Waals surface area contributed by atoms with Crippen LogP contribution < -0.4 is 11.0 Å². The topological polar surface area (TPSA) is 93.5 Å². The SMILES string of the molecule is O=C(Nc1ccn(C[C@H](O)COCc2ccccc2)c(=O)n1)c1ccccc1. The summed E-state index contributed by atoms with van der Waals surface area (Å²) in [5.41, 5.74) is 0.916. The van der Waals surface area contributed by atoms with Crippen molar-refractivity contribution in [2.75, 3.05) is 11.9 Å². The summed E-state index contributed by atoms with van der Waals surface area (Å²) >= 11 is 0. The largest absolute Gasteiger partial charge is 0.389 e. The fourth-order valence-electron chi connectivity index (χ4n) is 2.58. The van der Waals surface area contributed by atoms with Gasteiger partial charge in [-0.05, 0) is 23.8 Å². The van der Waals surface area contributed by atoms with E-state index in [9.17, 15) is 14.7 Å². The molecule has 1 heterocycles. The van der Waals surface area contributed by atoms with E-state index in [1.165, 1.54) is 16.8 Å². The van der Waals surface area contributed by atoms with E-state index in [0.29, 0.717) is 12.2 Å². The molecule has 2 aromatic carbocycles. The minimum atomic E-state index is -0.854. The number of carbonyl (C=O) groups excluding carboxylic acids is 1. The molecule has 7 heteroatoms. The molecule has 1 amide bonds. The summed E-state index contributed by atoms with van der Waals surface area (Å²) in [7, 11) is 0. The van der Waals surface area contributed by atoms with Crippen molar-refractivity contribution in [3.05, 3.63) is 94.5 Å². The lowest BCUT2D eigenvalue weighted by Crippen LogP contribution is -2.31. The van der Waals surface area contributed by atoms with E-state index in [4.69, 9.17) is 4.74 Å². The Balaban J connectivity index is 1.52. The number of benzene rings is 2. The number of amides is 1. The lowest BCUT2D eigenvalue weighted by atomic mass is 10.2. The monoisotopic (exact) mass is 379 g/mol. The Bertz CT molecular complexity index is 958. The number of aliphatic hydroxyl groups is 1. The summed E-state index contributed by atoms with van der Waals surface area (Å²) < 4.78 is 6.75. The predicted octanol–water partition coefficient (Wildman–Crippen LogP) is 2.07. The van der Waals surface area contributed by atoms with Crippen LogP contribution in [0.2, 0.25) is 0 Å². The number of anilines is 1. The quantitative estimate of drug-likeness (QED) is 0.625. The van der Waals surface area contributed by atoms with Gasteiger partial charge in [0.1, 0.15) is 5.82 Å². The third-order valence-electron chi connectivity index (χ3n) is 3.98. The van der Waals surface area contributed by atoms with Crippen molar-refractivity contribution in [1.82, 2.24) is 9.55 Å². The Kier molecular flexibility index (Phi) is 6.67. The minimum Gasteiger partial charge on any atom is -0.389 e. The molecule has 7 nitrogen and oxygen atoms in total. The number of aromatic nitrogens is 2. The normalized spacial score (nSPS) is 11.8. The highest BCUT2D eigenvalue weighted by Crippen LogP contribution is 2.05. The van der Waals surface area contributed by atoms with Gasteiger partial charge in [-0.1, -0.05) is 48.5 Å². The van der Waals surface area contributed by atoms with Crippen LogP contribution in [0.3, 0.4) is 0 Å². The summed E-state index contributed by atoms with van der Waals surface area (Å²) in [6.45, 7) is 0.525. The van der Waals surface area contributed by atoms with Crippen molar-refractivity contribution in [3.8, 4) is 0 Å². The van der Waals surface area contributed by atoms with Gasteiger partial charge < -0.3 is 15.2 Å². The van der Waals surface area contributed by atoms with Crippen molar-refractivity contribution >= 4 is 11.7 Å². The molecule has 1 atom stereocenters. The Morgan fingerprint density at radius 3 is 2.43 bits per heavy atom. The molecule has 144 valence electrons. The lowest BCUT2D eigenvalue weighted by Gasteiger charge is -2.13. The van der Waals surface area contributed by atoms with Crippen LogP contribution in [0.4, 0.5) is 5.82 Å². The van der Waals surface area contributed by atoms with Crippen LogP contribution in [0.5, 0.6) is 0 Å². The Morgan fingerprint density at radius 2 is 1.75 bits per heavy atom. The van der Waals surface area contributed by atoms with Crippen LogP contribution >= 0.6 is 0 Å². The molecule has 28 heavy (non-hydrogen) atoms. The number of carbonyl (C=O) groups is 1. The maximum atomic E-state index is 12.1. The molecule has 0 bridgehead atoms. The van der Waals surface area contributed by atoms with Crippen molar-refractivity contribution in [2.24, 2.45) is 0 Å². The first-order valence-corrected chi connectivity index (χ1v) is 8.85. The van der Waals surface area contributed by atoms with Gasteiger partial charge in [0.05, 0.1) is 25.9 Å². The Morgan fingerprint density at radius 1 is 1.07 bits per heavy atom. The molecule has 2 N–H and O–H groups in total. The molecule has 0 fully saturated rings. The van der Waals surface area contributed by atoms with Gasteiger partial charge in [0, 0.05) is 11.8 Å². The fourth-order valence-corrected chi connectivity index (χ4v) is 2.58. The number of rotatable bonds is 8.